The van der Waals surface area contributed by atoms with Crippen LogP contribution in [0, 0.1) is 0 Å². The van der Waals surface area contributed by atoms with Crippen molar-refractivity contribution in [2.24, 2.45) is 0 Å². The number of hydrogen-bond acceptors (Lipinski definition) is 8. The number of nitrogens with one attached hydrogen (secondary N) is 1. The fourth-order valence-corrected chi connectivity index (χ4v) is 3.17. The molecule has 1 aromatic carbocycles. The number of nitrogens with zero attached hydrogens (tertiary/aromatic N) is 6. The van der Waals surface area contributed by atoms with Crippen LogP contribution in [0.2, 0.25) is 0 Å². The predicted octanol–water partition coefficient (Wildman–Crippen LogP) is 2.86. The smallest absolute Gasteiger partial charge is 0.314 e. The lowest BCUT2D eigenvalue weighted by Crippen LogP contribution is -2.45. The summed E-state index contributed by atoms with van der Waals surface area (Å²) in [7, 11) is 0. The quantitative estimate of drug-likeness (QED) is 0.447. The van der Waals surface area contributed by atoms with E-state index >= 15 is 0 Å². The maximum Gasteiger partial charge on any atom is 0.314 e. The minimum absolute atomic E-state index is 0.00191. The SMILES string of the molecule is FC(F)c1nnc(-c2ccc(Cn3cc(-c4ccc(CNC5COC5)cc4)nn3)nc2)o1. The number of pyridine rings is 1. The number of halogens is 2. The molecule has 3 aromatic heterocycles. The fraction of sp³-hybridized carbons (Fsp3) is 0.286. The molecule has 5 rings (SSSR count). The molecule has 32 heavy (non-hydrogen) atoms. The first-order valence-corrected chi connectivity index (χ1v) is 10.0. The molecule has 11 heteroatoms. The lowest BCUT2D eigenvalue weighted by atomic mass is 10.1. The molecule has 0 aliphatic carbocycles. The number of benzene rings is 1. The molecule has 0 bridgehead atoms. The first-order valence-electron chi connectivity index (χ1n) is 10.0. The van der Waals surface area contributed by atoms with Crippen molar-refractivity contribution in [2.75, 3.05) is 13.2 Å². The summed E-state index contributed by atoms with van der Waals surface area (Å²) < 4.78 is 37.0. The number of rotatable bonds is 8. The van der Waals surface area contributed by atoms with Gasteiger partial charge in [0, 0.05) is 18.3 Å². The van der Waals surface area contributed by atoms with Crippen molar-refractivity contribution in [1.82, 2.24) is 35.5 Å². The van der Waals surface area contributed by atoms with E-state index in [1.54, 1.807) is 16.8 Å². The van der Waals surface area contributed by atoms with Crippen LogP contribution < -0.4 is 5.32 Å². The number of alkyl halides is 2. The van der Waals surface area contributed by atoms with Gasteiger partial charge in [-0.05, 0) is 17.7 Å². The largest absolute Gasteiger partial charge is 0.415 e. The van der Waals surface area contributed by atoms with E-state index in [-0.39, 0.29) is 5.89 Å². The summed E-state index contributed by atoms with van der Waals surface area (Å²) >= 11 is 0. The van der Waals surface area contributed by atoms with Crippen LogP contribution in [-0.4, -0.2) is 49.4 Å². The van der Waals surface area contributed by atoms with E-state index in [0.29, 0.717) is 18.2 Å². The topological polar surface area (TPSA) is 104 Å². The van der Waals surface area contributed by atoms with Gasteiger partial charge in [0.1, 0.15) is 5.69 Å². The van der Waals surface area contributed by atoms with E-state index in [2.05, 4.69) is 42.9 Å². The minimum Gasteiger partial charge on any atom is -0.415 e. The first kappa shape index (κ1) is 20.3. The van der Waals surface area contributed by atoms with Gasteiger partial charge in [0.15, 0.2) is 0 Å². The maximum absolute atomic E-state index is 12.6. The lowest BCUT2D eigenvalue weighted by molar-refractivity contribution is -0.00578. The Hall–Kier alpha value is -3.57. The van der Waals surface area contributed by atoms with Gasteiger partial charge < -0.3 is 14.5 Å². The van der Waals surface area contributed by atoms with Gasteiger partial charge in [0.2, 0.25) is 5.89 Å². The zero-order valence-corrected chi connectivity index (χ0v) is 16.9. The van der Waals surface area contributed by atoms with Gasteiger partial charge in [-0.2, -0.15) is 8.78 Å². The Bertz CT molecular complexity index is 1170. The molecular formula is C21H19F2N7O2. The Morgan fingerprint density at radius 2 is 1.84 bits per heavy atom. The van der Waals surface area contributed by atoms with E-state index in [4.69, 9.17) is 9.15 Å². The molecule has 4 aromatic rings. The summed E-state index contributed by atoms with van der Waals surface area (Å²) in [6.45, 7) is 2.76. The van der Waals surface area contributed by atoms with E-state index in [9.17, 15) is 8.78 Å². The second-order valence-corrected chi connectivity index (χ2v) is 7.40. The molecule has 1 aliphatic heterocycles. The summed E-state index contributed by atoms with van der Waals surface area (Å²) in [5.41, 5.74) is 4.12. The van der Waals surface area contributed by atoms with Crippen molar-refractivity contribution in [2.45, 2.75) is 25.6 Å². The van der Waals surface area contributed by atoms with Crippen LogP contribution in [0.3, 0.4) is 0 Å². The minimum atomic E-state index is -2.81. The van der Waals surface area contributed by atoms with Crippen molar-refractivity contribution in [1.29, 1.82) is 0 Å². The van der Waals surface area contributed by atoms with Crippen molar-refractivity contribution in [3.63, 3.8) is 0 Å². The van der Waals surface area contributed by atoms with E-state index in [0.717, 1.165) is 36.7 Å². The summed E-state index contributed by atoms with van der Waals surface area (Å²) in [6.07, 6.45) is 0.542. The highest BCUT2D eigenvalue weighted by Crippen LogP contribution is 2.23. The third-order valence-corrected chi connectivity index (χ3v) is 5.04. The average Bonchev–Trinajstić information content (AvgIpc) is 3.44. The molecule has 0 spiro atoms. The maximum atomic E-state index is 12.6. The Kier molecular flexibility index (Phi) is 5.65. The highest BCUT2D eigenvalue weighted by Gasteiger charge is 2.18. The standard InChI is InChI=1S/C21H19F2N7O2/c22-19(23)21-28-27-20(32-21)15-5-6-16(25-8-15)9-30-10-18(26-29-30)14-3-1-13(2-4-14)7-24-17-11-31-12-17/h1-6,8,10,17,19,24H,7,9,11-12H2. The van der Waals surface area contributed by atoms with Crippen LogP contribution in [-0.2, 0) is 17.8 Å². The monoisotopic (exact) mass is 439 g/mol. The molecule has 1 N–H and O–H groups in total. The van der Waals surface area contributed by atoms with Crippen LogP contribution in [0.15, 0.2) is 53.2 Å². The normalized spacial score (nSPS) is 14.1. The Balaban J connectivity index is 1.21. The molecule has 0 atom stereocenters. The Morgan fingerprint density at radius 3 is 2.50 bits per heavy atom. The second-order valence-electron chi connectivity index (χ2n) is 7.40. The zero-order valence-electron chi connectivity index (χ0n) is 16.9. The number of aromatic nitrogens is 6. The van der Waals surface area contributed by atoms with Gasteiger partial charge in [0.05, 0.1) is 43.3 Å². The van der Waals surface area contributed by atoms with Crippen LogP contribution >= 0.6 is 0 Å². The molecular weight excluding hydrogens is 420 g/mol. The van der Waals surface area contributed by atoms with Gasteiger partial charge in [0.25, 0.3) is 5.89 Å². The van der Waals surface area contributed by atoms with Crippen LogP contribution in [0.1, 0.15) is 23.6 Å². The third kappa shape index (κ3) is 4.53. The van der Waals surface area contributed by atoms with E-state index < -0.39 is 12.3 Å². The summed E-state index contributed by atoms with van der Waals surface area (Å²) in [4.78, 5) is 4.32. The van der Waals surface area contributed by atoms with E-state index in [1.165, 1.54) is 11.8 Å². The zero-order chi connectivity index (χ0) is 21.9. The summed E-state index contributed by atoms with van der Waals surface area (Å²) in [5, 5.41) is 18.8. The Labute approximate surface area is 181 Å². The van der Waals surface area contributed by atoms with E-state index in [1.807, 2.05) is 18.3 Å². The fourth-order valence-electron chi connectivity index (χ4n) is 3.17. The molecule has 0 radical (unpaired) electrons. The van der Waals surface area contributed by atoms with Crippen molar-refractivity contribution in [3.8, 4) is 22.7 Å². The van der Waals surface area contributed by atoms with Crippen molar-refractivity contribution in [3.05, 3.63) is 65.9 Å². The molecule has 0 amide bonds. The average molecular weight is 439 g/mol. The van der Waals surface area contributed by atoms with Gasteiger partial charge in [-0.3, -0.25) is 4.98 Å². The lowest BCUT2D eigenvalue weighted by Gasteiger charge is -2.27. The van der Waals surface area contributed by atoms with Crippen LogP contribution in [0.4, 0.5) is 8.78 Å². The summed E-state index contributed by atoms with van der Waals surface area (Å²) in [5.74, 6) is -0.710. The van der Waals surface area contributed by atoms with Crippen LogP contribution in [0.5, 0.6) is 0 Å². The molecule has 1 saturated heterocycles. The predicted molar refractivity (Wildman–Crippen MR) is 108 cm³/mol. The number of hydrogen-bond donors (Lipinski definition) is 1. The number of ether oxygens (including phenoxy) is 1. The highest BCUT2D eigenvalue weighted by molar-refractivity contribution is 5.58. The molecule has 9 nitrogen and oxygen atoms in total. The highest BCUT2D eigenvalue weighted by atomic mass is 19.3. The molecule has 0 saturated carbocycles. The van der Waals surface area contributed by atoms with Gasteiger partial charge in [-0.15, -0.1) is 15.3 Å². The molecule has 0 unspecified atom stereocenters. The second kappa shape index (κ2) is 8.89. The van der Waals surface area contributed by atoms with Crippen molar-refractivity contribution < 1.29 is 17.9 Å². The van der Waals surface area contributed by atoms with Crippen molar-refractivity contribution >= 4 is 0 Å². The van der Waals surface area contributed by atoms with Gasteiger partial charge in [-0.1, -0.05) is 29.5 Å². The first-order chi connectivity index (χ1) is 15.6. The molecule has 1 aliphatic rings. The molecule has 4 heterocycles. The summed E-state index contributed by atoms with van der Waals surface area (Å²) in [6, 6.07) is 12.1. The van der Waals surface area contributed by atoms with Gasteiger partial charge >= 0.3 is 6.43 Å². The molecule has 164 valence electrons. The molecule has 1 fully saturated rings. The van der Waals surface area contributed by atoms with Gasteiger partial charge in [-0.25, -0.2) is 4.68 Å². The third-order valence-electron chi connectivity index (χ3n) is 5.04. The van der Waals surface area contributed by atoms with Crippen LogP contribution in [0.25, 0.3) is 22.7 Å². The Morgan fingerprint density at radius 1 is 1.03 bits per heavy atom.